The lowest BCUT2D eigenvalue weighted by atomic mass is 9.80. The van der Waals surface area contributed by atoms with Gasteiger partial charge in [0, 0.05) is 66.5 Å². The van der Waals surface area contributed by atoms with E-state index in [2.05, 4.69) is 255 Å². The number of rotatable bonds is 5. The summed E-state index contributed by atoms with van der Waals surface area (Å²) in [5, 5.41) is 7.16. The molecule has 0 aliphatic carbocycles. The molecule has 0 aliphatic heterocycles. The van der Waals surface area contributed by atoms with Gasteiger partial charge in [0.1, 0.15) is 11.2 Å². The van der Waals surface area contributed by atoms with Gasteiger partial charge in [-0.2, -0.15) is 0 Å². The molecule has 8 aromatic carbocycles. The molecule has 0 unspecified atom stereocenters. The van der Waals surface area contributed by atoms with Crippen molar-refractivity contribution in [2.75, 3.05) is 4.90 Å². The number of nitrogens with one attached hydrogen (secondary N) is 1. The smallest absolute Gasteiger partial charge is 0.138 e. The molecule has 11 rings (SSSR count). The first-order valence-electron chi connectivity index (χ1n) is 24.3. The summed E-state index contributed by atoms with van der Waals surface area (Å²) in [6, 6.07) is 58.9. The molecule has 340 valence electrons. The Bertz CT molecular complexity index is 3740. The summed E-state index contributed by atoms with van der Waals surface area (Å²) in [5.41, 5.74) is 17.9. The number of hydrogen-bond donors (Lipinski definition) is 1. The molecule has 0 aliphatic rings. The van der Waals surface area contributed by atoms with Crippen molar-refractivity contribution in [2.24, 2.45) is 0 Å². The van der Waals surface area contributed by atoms with Crippen LogP contribution >= 0.6 is 0 Å². The Kier molecular flexibility index (Phi) is 9.75. The Hall–Kier alpha value is -7.04. The second-order valence-corrected chi connectivity index (χ2v) is 23.3. The molecule has 0 radical (unpaired) electrons. The molecule has 4 nitrogen and oxygen atoms in total. The highest BCUT2D eigenvalue weighted by molar-refractivity contribution is 6.19. The van der Waals surface area contributed by atoms with Crippen molar-refractivity contribution in [1.29, 1.82) is 0 Å². The Morgan fingerprint density at radius 2 is 0.985 bits per heavy atom. The third-order valence-corrected chi connectivity index (χ3v) is 14.3. The largest absolute Gasteiger partial charge is 0.456 e. The van der Waals surface area contributed by atoms with Crippen LogP contribution in [0.1, 0.15) is 105 Å². The van der Waals surface area contributed by atoms with Gasteiger partial charge in [-0.25, -0.2) is 0 Å². The maximum atomic E-state index is 7.00. The van der Waals surface area contributed by atoms with Crippen LogP contribution in [0.25, 0.3) is 82.4 Å². The summed E-state index contributed by atoms with van der Waals surface area (Å²) in [4.78, 5) is 6.46. The minimum atomic E-state index is -0.112. The Morgan fingerprint density at radius 3 is 1.68 bits per heavy atom. The quantitative estimate of drug-likeness (QED) is 0.187. The molecule has 11 aromatic rings. The van der Waals surface area contributed by atoms with Crippen molar-refractivity contribution < 1.29 is 4.42 Å². The maximum Gasteiger partial charge on any atom is 0.138 e. The Morgan fingerprint density at radius 1 is 0.397 bits per heavy atom. The van der Waals surface area contributed by atoms with Gasteiger partial charge in [-0.15, -0.1) is 0 Å². The van der Waals surface area contributed by atoms with Crippen molar-refractivity contribution in [3.8, 4) is 16.8 Å². The van der Waals surface area contributed by atoms with E-state index in [1.807, 2.05) is 0 Å². The van der Waals surface area contributed by atoms with Gasteiger partial charge in [0.25, 0.3) is 0 Å². The van der Waals surface area contributed by atoms with Crippen LogP contribution in [0.4, 0.5) is 17.1 Å². The first kappa shape index (κ1) is 43.5. The zero-order valence-corrected chi connectivity index (χ0v) is 41.8. The Labute approximate surface area is 401 Å². The molecule has 0 bridgehead atoms. The topological polar surface area (TPSA) is 37.1 Å². The summed E-state index contributed by atoms with van der Waals surface area (Å²) in [6.45, 7) is 27.8. The van der Waals surface area contributed by atoms with Crippen molar-refractivity contribution in [2.45, 2.75) is 105 Å². The molecule has 0 amide bonds. The zero-order chi connectivity index (χ0) is 47.7. The van der Waals surface area contributed by atoms with E-state index < -0.39 is 0 Å². The first-order chi connectivity index (χ1) is 32.2. The van der Waals surface area contributed by atoms with Crippen LogP contribution in [-0.4, -0.2) is 9.55 Å². The molecule has 3 aromatic heterocycles. The van der Waals surface area contributed by atoms with Crippen LogP contribution in [0.2, 0.25) is 0 Å². The molecule has 0 fully saturated rings. The number of fused-ring (bicyclic) bond motifs is 9. The van der Waals surface area contributed by atoms with E-state index in [1.54, 1.807) is 0 Å². The number of hydrogen-bond acceptors (Lipinski definition) is 2. The Balaban J connectivity index is 1.27. The van der Waals surface area contributed by atoms with E-state index in [0.717, 1.165) is 72.4 Å². The van der Waals surface area contributed by atoms with Gasteiger partial charge in [0.05, 0.1) is 22.2 Å². The second kappa shape index (κ2) is 15.2. The highest BCUT2D eigenvalue weighted by Gasteiger charge is 2.28. The van der Waals surface area contributed by atoms with Crippen LogP contribution in [-0.2, 0) is 21.7 Å². The third kappa shape index (κ3) is 7.28. The lowest BCUT2D eigenvalue weighted by molar-refractivity contribution is 0.568. The van der Waals surface area contributed by atoms with Crippen molar-refractivity contribution in [3.05, 3.63) is 180 Å². The average Bonchev–Trinajstić information content (AvgIpc) is 3.97. The van der Waals surface area contributed by atoms with Gasteiger partial charge < -0.3 is 18.9 Å². The number of para-hydroxylation sites is 3. The van der Waals surface area contributed by atoms with E-state index in [-0.39, 0.29) is 21.7 Å². The van der Waals surface area contributed by atoms with Gasteiger partial charge in [0.15, 0.2) is 0 Å². The number of anilines is 3. The van der Waals surface area contributed by atoms with E-state index in [9.17, 15) is 0 Å². The number of furan rings is 1. The lowest BCUT2D eigenvalue weighted by Gasteiger charge is -2.31. The lowest BCUT2D eigenvalue weighted by Crippen LogP contribution is -2.19. The maximum absolute atomic E-state index is 7.00. The van der Waals surface area contributed by atoms with Gasteiger partial charge in [-0.05, 0) is 128 Å². The summed E-state index contributed by atoms with van der Waals surface area (Å²) < 4.78 is 9.42. The monoisotopic (exact) mass is 889 g/mol. The number of H-pyrrole nitrogens is 1. The summed E-state index contributed by atoms with van der Waals surface area (Å²) in [6.07, 6.45) is 0. The molecule has 0 atom stereocenters. The van der Waals surface area contributed by atoms with Crippen molar-refractivity contribution in [1.82, 2.24) is 9.55 Å². The molecule has 68 heavy (non-hydrogen) atoms. The fourth-order valence-corrected chi connectivity index (χ4v) is 10.3. The normalized spacial score (nSPS) is 13.0. The number of nitrogens with zero attached hydrogens (tertiary/aromatic N) is 2. The van der Waals surface area contributed by atoms with E-state index in [0.29, 0.717) is 0 Å². The van der Waals surface area contributed by atoms with Gasteiger partial charge in [-0.1, -0.05) is 156 Å². The van der Waals surface area contributed by atoms with Crippen LogP contribution < -0.4 is 4.90 Å². The average molecular weight is 890 g/mol. The van der Waals surface area contributed by atoms with E-state index >= 15 is 0 Å². The van der Waals surface area contributed by atoms with Crippen LogP contribution in [0, 0.1) is 0 Å². The molecule has 0 spiro atoms. The summed E-state index contributed by atoms with van der Waals surface area (Å²) >= 11 is 0. The van der Waals surface area contributed by atoms with Crippen LogP contribution in [0.15, 0.2) is 162 Å². The first-order valence-corrected chi connectivity index (χ1v) is 24.3. The zero-order valence-electron chi connectivity index (χ0n) is 41.8. The second-order valence-electron chi connectivity index (χ2n) is 23.3. The van der Waals surface area contributed by atoms with E-state index in [1.165, 1.54) is 49.3 Å². The standard InChI is InChI=1S/C64H63N3O/c1-61(2,3)39-26-29-54-50(33-39)52-34-42(64(10,11)12)35-53(60(52)65-54)51-36-46(38-58-59(51)49-23-17-19-25-57(49)68-58)66(45-31-40(62(4,5)6)30-41(32-45)63(7,8)9)44-27-28-48-47-22-16-18-24-55(47)67(56(48)37-44)43-20-14-13-15-21-43/h13-38,65H,1-12H3. The fraction of sp³-hybridized carbons (Fsp3) is 0.250. The molecule has 4 heteroatoms. The fourth-order valence-electron chi connectivity index (χ4n) is 10.3. The van der Waals surface area contributed by atoms with Gasteiger partial charge >= 0.3 is 0 Å². The number of aromatic nitrogens is 2. The summed E-state index contributed by atoms with van der Waals surface area (Å²) in [5.74, 6) is 0. The number of aromatic amines is 1. The van der Waals surface area contributed by atoms with Gasteiger partial charge in [0.2, 0.25) is 0 Å². The highest BCUT2D eigenvalue weighted by atomic mass is 16.3. The molecule has 3 heterocycles. The minimum absolute atomic E-state index is 0.0114. The predicted octanol–water partition coefficient (Wildman–Crippen LogP) is 18.6. The molecular weight excluding hydrogens is 827 g/mol. The highest BCUT2D eigenvalue weighted by Crippen LogP contribution is 2.49. The summed E-state index contributed by atoms with van der Waals surface area (Å²) in [7, 11) is 0. The molecular formula is C64H63N3O. The SMILES string of the molecule is CC(C)(C)c1cc(N(c2cc(-c3cc(C(C)(C)C)cc4c3[nH]c3ccc(C(C)(C)C)cc34)c3c(c2)oc2ccccc23)c2ccc3c4ccccc4n(-c4ccccc4)c3c2)cc(C(C)(C)C)c1. The third-order valence-electron chi connectivity index (χ3n) is 14.3. The molecule has 0 saturated heterocycles. The predicted molar refractivity (Wildman–Crippen MR) is 292 cm³/mol. The van der Waals surface area contributed by atoms with Gasteiger partial charge in [-0.3, -0.25) is 0 Å². The van der Waals surface area contributed by atoms with Crippen LogP contribution in [0.5, 0.6) is 0 Å². The molecule has 1 N–H and O–H groups in total. The van der Waals surface area contributed by atoms with Crippen molar-refractivity contribution in [3.63, 3.8) is 0 Å². The van der Waals surface area contributed by atoms with Crippen LogP contribution in [0.3, 0.4) is 0 Å². The minimum Gasteiger partial charge on any atom is -0.456 e. The number of benzene rings is 8. The molecule has 0 saturated carbocycles. The van der Waals surface area contributed by atoms with Crippen molar-refractivity contribution >= 4 is 82.6 Å². The van der Waals surface area contributed by atoms with E-state index in [4.69, 9.17) is 4.42 Å².